The molecular formula is C22H25BrClN3O4S. The van der Waals surface area contributed by atoms with E-state index in [0.717, 1.165) is 12.8 Å². The molecule has 0 spiro atoms. The molecule has 0 aliphatic carbocycles. The quantitative estimate of drug-likeness (QED) is 0.228. The lowest BCUT2D eigenvalue weighted by atomic mass is 10.2. The minimum Gasteiger partial charge on any atom is -0.492 e. The van der Waals surface area contributed by atoms with Gasteiger partial charge in [0.15, 0.2) is 11.7 Å². The molecular weight excluding hydrogens is 518 g/mol. The topological polar surface area (TPSA) is 88.7 Å². The van der Waals surface area contributed by atoms with Gasteiger partial charge in [0.2, 0.25) is 0 Å². The normalized spacial score (nSPS) is 10.2. The van der Waals surface area contributed by atoms with Crippen LogP contribution in [0.2, 0.25) is 5.02 Å². The fourth-order valence-electron chi connectivity index (χ4n) is 2.54. The first kappa shape index (κ1) is 25.9. The van der Waals surface area contributed by atoms with Gasteiger partial charge >= 0.3 is 0 Å². The van der Waals surface area contributed by atoms with Gasteiger partial charge in [-0.2, -0.15) is 0 Å². The number of hydrogen-bond acceptors (Lipinski definition) is 5. The lowest BCUT2D eigenvalue weighted by molar-refractivity contribution is -0.123. The first-order chi connectivity index (χ1) is 15.4. The molecule has 2 amide bonds. The second-order valence-corrected chi connectivity index (χ2v) is 8.40. The molecule has 0 atom stereocenters. The number of benzene rings is 2. The number of hydrazine groups is 1. The minimum absolute atomic E-state index is 0.0616. The van der Waals surface area contributed by atoms with Crippen molar-refractivity contribution in [3.05, 3.63) is 57.5 Å². The van der Waals surface area contributed by atoms with Gasteiger partial charge in [0.1, 0.15) is 11.5 Å². The summed E-state index contributed by atoms with van der Waals surface area (Å²) in [7, 11) is 0. The fraction of sp³-hybridized carbons (Fsp3) is 0.318. The third-order valence-electron chi connectivity index (χ3n) is 4.19. The Morgan fingerprint density at radius 1 is 1.03 bits per heavy atom. The summed E-state index contributed by atoms with van der Waals surface area (Å²) in [4.78, 5) is 24.3. The molecule has 0 aromatic heterocycles. The Hall–Kier alpha value is -2.36. The fourth-order valence-corrected chi connectivity index (χ4v) is 3.37. The van der Waals surface area contributed by atoms with Crippen LogP contribution in [0.4, 0.5) is 0 Å². The van der Waals surface area contributed by atoms with Crippen molar-refractivity contribution in [2.24, 2.45) is 0 Å². The van der Waals surface area contributed by atoms with Crippen molar-refractivity contribution in [2.75, 3.05) is 13.2 Å². The number of unbranched alkanes of at least 4 members (excludes halogenated alkanes) is 3. The van der Waals surface area contributed by atoms with Gasteiger partial charge in [-0.1, -0.05) is 49.9 Å². The van der Waals surface area contributed by atoms with Gasteiger partial charge in [-0.05, 0) is 64.9 Å². The average molecular weight is 543 g/mol. The summed E-state index contributed by atoms with van der Waals surface area (Å²) in [5.74, 6) is 0.132. The highest BCUT2D eigenvalue weighted by molar-refractivity contribution is 9.10. The average Bonchev–Trinajstić information content (AvgIpc) is 2.77. The summed E-state index contributed by atoms with van der Waals surface area (Å²) in [6.45, 7) is 2.51. The molecule has 0 saturated heterocycles. The van der Waals surface area contributed by atoms with Crippen molar-refractivity contribution in [1.29, 1.82) is 0 Å². The molecule has 0 heterocycles. The molecule has 7 nitrogen and oxygen atoms in total. The zero-order chi connectivity index (χ0) is 23.3. The third kappa shape index (κ3) is 9.02. The van der Waals surface area contributed by atoms with E-state index in [2.05, 4.69) is 39.0 Å². The van der Waals surface area contributed by atoms with Crippen LogP contribution in [0, 0.1) is 0 Å². The number of ether oxygens (including phenoxy) is 2. The molecule has 172 valence electrons. The van der Waals surface area contributed by atoms with Crippen molar-refractivity contribution in [3.63, 3.8) is 0 Å². The molecule has 32 heavy (non-hydrogen) atoms. The standard InChI is InChI=1S/C22H25BrClN3O4S/c1-2-3-4-7-12-30-18-11-10-15(13-16(18)23)21(29)25-22(32)27-26-20(28)14-31-19-9-6-5-8-17(19)24/h5-6,8-11,13H,2-4,7,12,14H2,1H3,(H,26,28)(H2,25,27,29,32). The first-order valence-corrected chi connectivity index (χ1v) is 11.7. The number of carbonyl (C=O) groups excluding carboxylic acids is 2. The van der Waals surface area contributed by atoms with E-state index in [0.29, 0.717) is 33.2 Å². The Labute approximate surface area is 206 Å². The van der Waals surface area contributed by atoms with E-state index < -0.39 is 11.8 Å². The van der Waals surface area contributed by atoms with Crippen molar-refractivity contribution < 1.29 is 19.1 Å². The number of para-hydroxylation sites is 1. The third-order valence-corrected chi connectivity index (χ3v) is 5.32. The second kappa shape index (κ2) is 13.9. The van der Waals surface area contributed by atoms with Gasteiger partial charge in [-0.25, -0.2) is 0 Å². The van der Waals surface area contributed by atoms with Crippen molar-refractivity contribution in [1.82, 2.24) is 16.2 Å². The van der Waals surface area contributed by atoms with E-state index in [9.17, 15) is 9.59 Å². The Morgan fingerprint density at radius 3 is 2.53 bits per heavy atom. The monoisotopic (exact) mass is 541 g/mol. The highest BCUT2D eigenvalue weighted by Gasteiger charge is 2.12. The molecule has 0 aliphatic heterocycles. The molecule has 2 rings (SSSR count). The van der Waals surface area contributed by atoms with Gasteiger partial charge in [0, 0.05) is 5.56 Å². The Morgan fingerprint density at radius 2 is 1.81 bits per heavy atom. The maximum atomic E-state index is 12.4. The summed E-state index contributed by atoms with van der Waals surface area (Å²) in [5.41, 5.74) is 5.18. The van der Waals surface area contributed by atoms with Crippen molar-refractivity contribution in [2.45, 2.75) is 32.6 Å². The number of rotatable bonds is 10. The number of carbonyl (C=O) groups is 2. The number of hydrogen-bond donors (Lipinski definition) is 3. The summed E-state index contributed by atoms with van der Waals surface area (Å²) in [6.07, 6.45) is 4.47. The second-order valence-electron chi connectivity index (χ2n) is 6.73. The molecule has 0 unspecified atom stereocenters. The molecule has 0 saturated carbocycles. The van der Waals surface area contributed by atoms with Gasteiger partial charge in [0.05, 0.1) is 16.1 Å². The van der Waals surface area contributed by atoms with E-state index in [4.69, 9.17) is 33.3 Å². The predicted molar refractivity (Wildman–Crippen MR) is 132 cm³/mol. The van der Waals surface area contributed by atoms with Crippen molar-refractivity contribution >= 4 is 56.7 Å². The molecule has 2 aromatic carbocycles. The van der Waals surface area contributed by atoms with Crippen LogP contribution in [0.3, 0.4) is 0 Å². The summed E-state index contributed by atoms with van der Waals surface area (Å²) < 4.78 is 11.7. The highest BCUT2D eigenvalue weighted by Crippen LogP contribution is 2.26. The Bertz CT molecular complexity index is 945. The van der Waals surface area contributed by atoms with Gasteiger partial charge in [-0.3, -0.25) is 25.8 Å². The van der Waals surface area contributed by atoms with E-state index in [1.54, 1.807) is 42.5 Å². The summed E-state index contributed by atoms with van der Waals surface area (Å²) >= 11 is 14.4. The van der Waals surface area contributed by atoms with Crippen LogP contribution in [-0.2, 0) is 4.79 Å². The van der Waals surface area contributed by atoms with E-state index in [-0.39, 0.29) is 11.7 Å². The lowest BCUT2D eigenvalue weighted by Gasteiger charge is -2.13. The van der Waals surface area contributed by atoms with E-state index >= 15 is 0 Å². The Kier molecular flexibility index (Phi) is 11.3. The van der Waals surface area contributed by atoms with Crippen LogP contribution >= 0.6 is 39.7 Å². The predicted octanol–water partition coefficient (Wildman–Crippen LogP) is 4.78. The minimum atomic E-state index is -0.496. The van der Waals surface area contributed by atoms with Gasteiger partial charge < -0.3 is 9.47 Å². The van der Waals surface area contributed by atoms with Crippen LogP contribution in [-0.4, -0.2) is 30.1 Å². The zero-order valence-corrected chi connectivity index (χ0v) is 20.7. The number of amides is 2. The summed E-state index contributed by atoms with van der Waals surface area (Å²) in [5, 5.41) is 2.83. The largest absolute Gasteiger partial charge is 0.492 e. The number of thiocarbonyl (C=S) groups is 1. The van der Waals surface area contributed by atoms with Gasteiger partial charge in [0.25, 0.3) is 11.8 Å². The van der Waals surface area contributed by atoms with Crippen LogP contribution < -0.4 is 25.6 Å². The number of halogens is 2. The zero-order valence-electron chi connectivity index (χ0n) is 17.6. The van der Waals surface area contributed by atoms with Crippen LogP contribution in [0.1, 0.15) is 43.0 Å². The molecule has 2 aromatic rings. The lowest BCUT2D eigenvalue weighted by Crippen LogP contribution is -2.49. The first-order valence-electron chi connectivity index (χ1n) is 10.1. The highest BCUT2D eigenvalue weighted by atomic mass is 79.9. The molecule has 10 heteroatoms. The summed E-state index contributed by atoms with van der Waals surface area (Å²) in [6, 6.07) is 11.8. The maximum absolute atomic E-state index is 12.4. The molecule has 3 N–H and O–H groups in total. The van der Waals surface area contributed by atoms with Crippen molar-refractivity contribution in [3.8, 4) is 11.5 Å². The van der Waals surface area contributed by atoms with E-state index in [1.165, 1.54) is 12.8 Å². The van der Waals surface area contributed by atoms with Crippen LogP contribution in [0.5, 0.6) is 11.5 Å². The van der Waals surface area contributed by atoms with E-state index in [1.807, 2.05) is 0 Å². The SMILES string of the molecule is CCCCCCOc1ccc(C(=O)NC(=S)NNC(=O)COc2ccccc2Cl)cc1Br. The van der Waals surface area contributed by atoms with Crippen LogP contribution in [0.15, 0.2) is 46.9 Å². The van der Waals surface area contributed by atoms with Crippen LogP contribution in [0.25, 0.3) is 0 Å². The molecule has 0 radical (unpaired) electrons. The maximum Gasteiger partial charge on any atom is 0.276 e. The Balaban J connectivity index is 1.74. The molecule has 0 aliphatic rings. The number of nitrogens with one attached hydrogen (secondary N) is 3. The smallest absolute Gasteiger partial charge is 0.276 e. The molecule has 0 fully saturated rings. The molecule has 0 bridgehead atoms. The van der Waals surface area contributed by atoms with Gasteiger partial charge in [-0.15, -0.1) is 0 Å².